The second kappa shape index (κ2) is 5.03. The predicted molar refractivity (Wildman–Crippen MR) is 74.7 cm³/mol. The molecule has 1 aliphatic heterocycles. The second-order valence-corrected chi connectivity index (χ2v) is 6.77. The number of thioether (sulfide) groups is 1. The maximum atomic E-state index is 2.61. The summed E-state index contributed by atoms with van der Waals surface area (Å²) in [6, 6.07) is 9.75. The highest BCUT2D eigenvalue weighted by molar-refractivity contribution is 8.00. The monoisotopic (exact) mass is 247 g/mol. The SMILES string of the molecule is CN(CC1Cc2ccccc2S1)C1CCCC1. The lowest BCUT2D eigenvalue weighted by Gasteiger charge is -2.26. The Morgan fingerprint density at radius 2 is 2.00 bits per heavy atom. The fourth-order valence-corrected chi connectivity index (χ4v) is 4.56. The molecule has 1 aliphatic carbocycles. The highest BCUT2D eigenvalue weighted by Gasteiger charge is 2.26. The van der Waals surface area contributed by atoms with Crippen LogP contribution < -0.4 is 0 Å². The number of hydrogen-bond acceptors (Lipinski definition) is 2. The molecular formula is C15H21NS. The molecule has 1 saturated carbocycles. The van der Waals surface area contributed by atoms with Crippen molar-refractivity contribution in [3.8, 4) is 0 Å². The molecule has 0 saturated heterocycles. The van der Waals surface area contributed by atoms with Crippen molar-refractivity contribution in [2.75, 3.05) is 13.6 Å². The summed E-state index contributed by atoms with van der Waals surface area (Å²) in [6.07, 6.45) is 6.97. The smallest absolute Gasteiger partial charge is 0.0263 e. The molecule has 1 aromatic rings. The second-order valence-electron chi connectivity index (χ2n) is 5.43. The van der Waals surface area contributed by atoms with E-state index in [4.69, 9.17) is 0 Å². The van der Waals surface area contributed by atoms with Crippen molar-refractivity contribution in [3.05, 3.63) is 29.8 Å². The van der Waals surface area contributed by atoms with Crippen LogP contribution in [-0.2, 0) is 6.42 Å². The first-order valence-electron chi connectivity index (χ1n) is 6.78. The van der Waals surface area contributed by atoms with Gasteiger partial charge in [0, 0.05) is 22.7 Å². The summed E-state index contributed by atoms with van der Waals surface area (Å²) < 4.78 is 0. The third-order valence-electron chi connectivity index (χ3n) is 4.15. The normalized spacial score (nSPS) is 24.5. The Labute approximate surface area is 109 Å². The average Bonchev–Trinajstić information content (AvgIpc) is 2.97. The van der Waals surface area contributed by atoms with Crippen LogP contribution in [0.4, 0.5) is 0 Å². The van der Waals surface area contributed by atoms with Crippen molar-refractivity contribution >= 4 is 11.8 Å². The Hall–Kier alpha value is -0.470. The molecule has 1 heterocycles. The van der Waals surface area contributed by atoms with Crippen LogP contribution in [0.25, 0.3) is 0 Å². The van der Waals surface area contributed by atoms with Gasteiger partial charge in [0.25, 0.3) is 0 Å². The van der Waals surface area contributed by atoms with Gasteiger partial charge in [0.2, 0.25) is 0 Å². The van der Waals surface area contributed by atoms with Crippen LogP contribution in [0.15, 0.2) is 29.2 Å². The van der Waals surface area contributed by atoms with E-state index in [9.17, 15) is 0 Å². The zero-order valence-electron chi connectivity index (χ0n) is 10.6. The molecule has 0 bridgehead atoms. The highest BCUT2D eigenvalue weighted by atomic mass is 32.2. The molecule has 1 nitrogen and oxygen atoms in total. The van der Waals surface area contributed by atoms with Gasteiger partial charge in [-0.25, -0.2) is 0 Å². The maximum Gasteiger partial charge on any atom is 0.0263 e. The van der Waals surface area contributed by atoms with Crippen LogP contribution >= 0.6 is 11.8 Å². The van der Waals surface area contributed by atoms with E-state index in [1.54, 1.807) is 5.56 Å². The molecule has 0 radical (unpaired) electrons. The Balaban J connectivity index is 1.58. The minimum absolute atomic E-state index is 0.776. The van der Waals surface area contributed by atoms with Crippen molar-refractivity contribution in [3.63, 3.8) is 0 Å². The van der Waals surface area contributed by atoms with Crippen LogP contribution in [0.2, 0.25) is 0 Å². The van der Waals surface area contributed by atoms with Crippen molar-refractivity contribution in [1.29, 1.82) is 0 Å². The number of hydrogen-bond donors (Lipinski definition) is 0. The van der Waals surface area contributed by atoms with Crippen molar-refractivity contribution in [1.82, 2.24) is 4.90 Å². The average molecular weight is 247 g/mol. The molecule has 1 aromatic carbocycles. The molecule has 2 heteroatoms. The summed E-state index contributed by atoms with van der Waals surface area (Å²) in [5.41, 5.74) is 1.56. The van der Waals surface area contributed by atoms with Gasteiger partial charge in [-0.15, -0.1) is 11.8 Å². The first-order chi connectivity index (χ1) is 8.33. The van der Waals surface area contributed by atoms with E-state index in [0.717, 1.165) is 11.3 Å². The summed E-state index contributed by atoms with van der Waals surface area (Å²) >= 11 is 2.08. The molecule has 0 N–H and O–H groups in total. The molecule has 92 valence electrons. The molecule has 17 heavy (non-hydrogen) atoms. The topological polar surface area (TPSA) is 3.24 Å². The summed E-state index contributed by atoms with van der Waals surface area (Å²) in [7, 11) is 2.32. The largest absolute Gasteiger partial charge is 0.302 e. The van der Waals surface area contributed by atoms with E-state index in [-0.39, 0.29) is 0 Å². The molecule has 1 fully saturated rings. The summed E-state index contributed by atoms with van der Waals surface area (Å²) in [5, 5.41) is 0.776. The maximum absolute atomic E-state index is 2.61. The molecule has 0 spiro atoms. The van der Waals surface area contributed by atoms with Crippen LogP contribution in [0.1, 0.15) is 31.2 Å². The van der Waals surface area contributed by atoms with Crippen LogP contribution in [0.3, 0.4) is 0 Å². The Kier molecular flexibility index (Phi) is 3.44. The lowest BCUT2D eigenvalue weighted by atomic mass is 10.1. The molecule has 0 aromatic heterocycles. The first kappa shape index (κ1) is 11.6. The summed E-state index contributed by atoms with van der Waals surface area (Å²) in [5.74, 6) is 0. The first-order valence-corrected chi connectivity index (χ1v) is 7.66. The van der Waals surface area contributed by atoms with Crippen LogP contribution in [0.5, 0.6) is 0 Å². The quantitative estimate of drug-likeness (QED) is 0.803. The van der Waals surface area contributed by atoms with Gasteiger partial charge in [-0.2, -0.15) is 0 Å². The van der Waals surface area contributed by atoms with Gasteiger partial charge in [0.05, 0.1) is 0 Å². The summed E-state index contributed by atoms with van der Waals surface area (Å²) in [4.78, 5) is 4.12. The number of nitrogens with zero attached hydrogens (tertiary/aromatic N) is 1. The van der Waals surface area contributed by atoms with Gasteiger partial charge in [-0.3, -0.25) is 0 Å². The predicted octanol–water partition coefficient (Wildman–Crippen LogP) is 3.58. The van der Waals surface area contributed by atoms with Crippen molar-refractivity contribution in [2.45, 2.75) is 48.3 Å². The minimum atomic E-state index is 0.776. The number of fused-ring (bicyclic) bond motifs is 1. The van der Waals surface area contributed by atoms with E-state index < -0.39 is 0 Å². The molecule has 3 rings (SSSR count). The van der Waals surface area contributed by atoms with Crippen LogP contribution in [-0.4, -0.2) is 29.8 Å². The molecule has 1 unspecified atom stereocenters. The van der Waals surface area contributed by atoms with Gasteiger partial charge in [0.1, 0.15) is 0 Å². The van der Waals surface area contributed by atoms with E-state index in [1.807, 2.05) is 0 Å². The zero-order valence-corrected chi connectivity index (χ0v) is 11.4. The van der Waals surface area contributed by atoms with E-state index in [0.29, 0.717) is 0 Å². The lowest BCUT2D eigenvalue weighted by molar-refractivity contribution is 0.246. The molecule has 1 atom stereocenters. The van der Waals surface area contributed by atoms with Gasteiger partial charge < -0.3 is 4.90 Å². The molecule has 0 amide bonds. The molecular weight excluding hydrogens is 226 g/mol. The zero-order chi connectivity index (χ0) is 11.7. The van der Waals surface area contributed by atoms with E-state index in [2.05, 4.69) is 48.0 Å². The minimum Gasteiger partial charge on any atom is -0.302 e. The van der Waals surface area contributed by atoms with Gasteiger partial charge in [-0.05, 0) is 37.9 Å². The standard InChI is InChI=1S/C15H21NS/c1-16(13-7-3-4-8-13)11-14-10-12-6-2-5-9-15(12)17-14/h2,5-6,9,13-14H,3-4,7-8,10-11H2,1H3. The van der Waals surface area contributed by atoms with Gasteiger partial charge in [-0.1, -0.05) is 31.0 Å². The lowest BCUT2D eigenvalue weighted by Crippen LogP contribution is -2.34. The summed E-state index contributed by atoms with van der Waals surface area (Å²) in [6.45, 7) is 1.25. The number of benzene rings is 1. The highest BCUT2D eigenvalue weighted by Crippen LogP contribution is 2.37. The van der Waals surface area contributed by atoms with Gasteiger partial charge in [0.15, 0.2) is 0 Å². The van der Waals surface area contributed by atoms with Gasteiger partial charge >= 0.3 is 0 Å². The third-order valence-corrected chi connectivity index (χ3v) is 5.45. The van der Waals surface area contributed by atoms with E-state index >= 15 is 0 Å². The molecule has 2 aliphatic rings. The Morgan fingerprint density at radius 1 is 1.24 bits per heavy atom. The fraction of sp³-hybridized carbons (Fsp3) is 0.600. The Bertz CT molecular complexity index is 359. The van der Waals surface area contributed by atoms with E-state index in [1.165, 1.54) is 43.5 Å². The Morgan fingerprint density at radius 3 is 2.76 bits per heavy atom. The fourth-order valence-electron chi connectivity index (χ4n) is 3.17. The van der Waals surface area contributed by atoms with Crippen molar-refractivity contribution in [2.24, 2.45) is 0 Å². The number of rotatable bonds is 3. The third kappa shape index (κ3) is 2.53. The van der Waals surface area contributed by atoms with Crippen LogP contribution in [0, 0.1) is 0 Å². The van der Waals surface area contributed by atoms with Crippen molar-refractivity contribution < 1.29 is 0 Å².